The number of para-hydroxylation sites is 1. The fourth-order valence-corrected chi connectivity index (χ4v) is 4.34. The largest absolute Gasteiger partial charge is 0.317 e. The fourth-order valence-electron chi connectivity index (χ4n) is 3.03. The first-order valence-corrected chi connectivity index (χ1v) is 9.63. The van der Waals surface area contributed by atoms with Crippen LogP contribution in [0.15, 0.2) is 36.5 Å². The average Bonchev–Trinajstić information content (AvgIpc) is 2.54. The number of piperidine rings is 1. The van der Waals surface area contributed by atoms with Gasteiger partial charge in [0.05, 0.1) is 11.3 Å². The van der Waals surface area contributed by atoms with Crippen LogP contribution in [0, 0.1) is 5.41 Å². The third-order valence-electron chi connectivity index (χ3n) is 4.59. The lowest BCUT2D eigenvalue weighted by atomic mass is 9.81. The van der Waals surface area contributed by atoms with Gasteiger partial charge in [0.2, 0.25) is 10.0 Å². The van der Waals surface area contributed by atoms with E-state index in [9.17, 15) is 8.42 Å². The molecule has 3 rings (SSSR count). The molecule has 0 spiro atoms. The van der Waals surface area contributed by atoms with Crippen LogP contribution < -0.4 is 10.0 Å². The summed E-state index contributed by atoms with van der Waals surface area (Å²) in [4.78, 5) is 4.33. The Morgan fingerprint density at radius 1 is 1.21 bits per heavy atom. The average molecular weight is 370 g/mol. The van der Waals surface area contributed by atoms with Crippen LogP contribution in [-0.4, -0.2) is 33.0 Å². The van der Waals surface area contributed by atoms with Gasteiger partial charge in [0.25, 0.3) is 0 Å². The summed E-state index contributed by atoms with van der Waals surface area (Å²) < 4.78 is 27.7. The van der Waals surface area contributed by atoms with Crippen molar-refractivity contribution < 1.29 is 8.42 Å². The Morgan fingerprint density at radius 2 is 1.92 bits per heavy atom. The number of nitrogens with one attached hydrogen (secondary N) is 2. The topological polar surface area (TPSA) is 71.1 Å². The monoisotopic (exact) mass is 369 g/mol. The van der Waals surface area contributed by atoms with Crippen molar-refractivity contribution in [3.63, 3.8) is 0 Å². The van der Waals surface area contributed by atoms with Crippen molar-refractivity contribution in [2.24, 2.45) is 5.41 Å². The second kappa shape index (κ2) is 7.78. The van der Waals surface area contributed by atoms with Crippen LogP contribution >= 0.6 is 12.4 Å². The van der Waals surface area contributed by atoms with E-state index in [1.807, 2.05) is 30.3 Å². The molecule has 0 aliphatic carbocycles. The van der Waals surface area contributed by atoms with Gasteiger partial charge in [-0.2, -0.15) is 0 Å². The zero-order valence-electron chi connectivity index (χ0n) is 13.8. The van der Waals surface area contributed by atoms with Crippen LogP contribution in [0.25, 0.3) is 10.9 Å². The summed E-state index contributed by atoms with van der Waals surface area (Å²) >= 11 is 0. The number of pyridine rings is 1. The number of benzene rings is 1. The van der Waals surface area contributed by atoms with E-state index in [2.05, 4.69) is 21.9 Å². The Labute approximate surface area is 149 Å². The minimum absolute atomic E-state index is 0. The SMILES string of the molecule is CC1(CNS(=O)(=O)Cc2cccc3cccnc23)CCNCC1.Cl. The zero-order valence-corrected chi connectivity index (χ0v) is 15.4. The summed E-state index contributed by atoms with van der Waals surface area (Å²) in [6, 6.07) is 9.46. The van der Waals surface area contributed by atoms with E-state index in [-0.39, 0.29) is 23.6 Å². The Kier molecular flexibility index (Phi) is 6.20. The summed E-state index contributed by atoms with van der Waals surface area (Å²) in [7, 11) is -3.37. The molecule has 1 saturated heterocycles. The predicted octanol–water partition coefficient (Wildman–Crippen LogP) is 2.47. The van der Waals surface area contributed by atoms with Crippen LogP contribution in [0.3, 0.4) is 0 Å². The maximum absolute atomic E-state index is 12.5. The third kappa shape index (κ3) is 4.66. The molecular formula is C17H24ClN3O2S. The molecule has 2 aromatic rings. The van der Waals surface area contributed by atoms with Gasteiger partial charge >= 0.3 is 0 Å². The van der Waals surface area contributed by atoms with Gasteiger partial charge in [0, 0.05) is 18.1 Å². The maximum Gasteiger partial charge on any atom is 0.215 e. The molecule has 2 heterocycles. The number of rotatable bonds is 5. The van der Waals surface area contributed by atoms with Gasteiger partial charge in [-0.3, -0.25) is 4.98 Å². The van der Waals surface area contributed by atoms with Crippen molar-refractivity contribution in [1.82, 2.24) is 15.0 Å². The molecule has 0 amide bonds. The highest BCUT2D eigenvalue weighted by molar-refractivity contribution is 7.88. The van der Waals surface area contributed by atoms with Crippen LogP contribution in [0.4, 0.5) is 0 Å². The molecule has 5 nitrogen and oxygen atoms in total. The second-order valence-electron chi connectivity index (χ2n) is 6.63. The van der Waals surface area contributed by atoms with Crippen LogP contribution in [0.1, 0.15) is 25.3 Å². The molecule has 24 heavy (non-hydrogen) atoms. The van der Waals surface area contributed by atoms with Crippen LogP contribution in [-0.2, 0) is 15.8 Å². The molecule has 1 aliphatic heterocycles. The summed E-state index contributed by atoms with van der Waals surface area (Å²) in [6.45, 7) is 4.54. The highest BCUT2D eigenvalue weighted by Gasteiger charge is 2.28. The Morgan fingerprint density at radius 3 is 2.67 bits per heavy atom. The van der Waals surface area contributed by atoms with Crippen molar-refractivity contribution in [2.75, 3.05) is 19.6 Å². The molecule has 1 aromatic carbocycles. The molecule has 0 atom stereocenters. The lowest BCUT2D eigenvalue weighted by Crippen LogP contribution is -2.43. The number of nitrogens with zero attached hydrogens (tertiary/aromatic N) is 1. The van der Waals surface area contributed by atoms with Gasteiger partial charge in [0.15, 0.2) is 0 Å². The minimum Gasteiger partial charge on any atom is -0.317 e. The predicted molar refractivity (Wildman–Crippen MR) is 99.8 cm³/mol. The second-order valence-corrected chi connectivity index (χ2v) is 8.44. The van der Waals surface area contributed by atoms with E-state index in [1.165, 1.54) is 0 Å². The van der Waals surface area contributed by atoms with Gasteiger partial charge in [-0.25, -0.2) is 13.1 Å². The van der Waals surface area contributed by atoms with Crippen LogP contribution in [0.5, 0.6) is 0 Å². The standard InChI is InChI=1S/C17H23N3O2S.ClH/c1-17(7-10-18-11-8-17)13-20-23(21,22)12-15-5-2-4-14-6-3-9-19-16(14)15;/h2-6,9,18,20H,7-8,10-13H2,1H3;1H. The Hall–Kier alpha value is -1.21. The summed E-state index contributed by atoms with van der Waals surface area (Å²) in [6.07, 6.45) is 3.68. The van der Waals surface area contributed by atoms with E-state index in [4.69, 9.17) is 0 Å². The highest BCUT2D eigenvalue weighted by atomic mass is 35.5. The molecule has 1 aromatic heterocycles. The zero-order chi connectivity index (χ0) is 16.3. The Balaban J connectivity index is 0.00000208. The summed E-state index contributed by atoms with van der Waals surface area (Å²) in [5, 5.41) is 4.27. The molecular weight excluding hydrogens is 346 g/mol. The van der Waals surface area contributed by atoms with E-state index in [0.717, 1.165) is 42.4 Å². The lowest BCUT2D eigenvalue weighted by molar-refractivity contribution is 0.232. The van der Waals surface area contributed by atoms with E-state index >= 15 is 0 Å². The molecule has 0 radical (unpaired) electrons. The van der Waals surface area contributed by atoms with Crippen LogP contribution in [0.2, 0.25) is 0 Å². The molecule has 1 fully saturated rings. The third-order valence-corrected chi connectivity index (χ3v) is 5.87. The summed E-state index contributed by atoms with van der Waals surface area (Å²) in [5.41, 5.74) is 1.54. The van der Waals surface area contributed by atoms with Crippen molar-refractivity contribution >= 4 is 33.3 Å². The molecule has 0 bridgehead atoms. The van der Waals surface area contributed by atoms with Crippen molar-refractivity contribution in [3.05, 3.63) is 42.1 Å². The van der Waals surface area contributed by atoms with Gasteiger partial charge in [-0.15, -0.1) is 12.4 Å². The molecule has 0 unspecified atom stereocenters. The minimum atomic E-state index is -3.37. The molecule has 1 aliphatic rings. The molecule has 132 valence electrons. The number of hydrogen-bond donors (Lipinski definition) is 2. The van der Waals surface area contributed by atoms with Gasteiger partial charge < -0.3 is 5.32 Å². The van der Waals surface area contributed by atoms with Gasteiger partial charge in [0.1, 0.15) is 0 Å². The van der Waals surface area contributed by atoms with Gasteiger partial charge in [-0.1, -0.05) is 31.2 Å². The summed E-state index contributed by atoms with van der Waals surface area (Å²) in [5.74, 6) is -0.0321. The maximum atomic E-state index is 12.5. The first-order valence-electron chi connectivity index (χ1n) is 7.98. The number of fused-ring (bicyclic) bond motifs is 1. The van der Waals surface area contributed by atoms with E-state index < -0.39 is 10.0 Å². The number of sulfonamides is 1. The normalized spacial score (nSPS) is 17.4. The van der Waals surface area contributed by atoms with Crippen molar-refractivity contribution in [1.29, 1.82) is 0 Å². The van der Waals surface area contributed by atoms with E-state index in [1.54, 1.807) is 6.20 Å². The first-order chi connectivity index (χ1) is 11.0. The molecule has 7 heteroatoms. The lowest BCUT2D eigenvalue weighted by Gasteiger charge is -2.34. The number of halogens is 1. The smallest absolute Gasteiger partial charge is 0.215 e. The van der Waals surface area contributed by atoms with Crippen molar-refractivity contribution in [3.8, 4) is 0 Å². The van der Waals surface area contributed by atoms with Crippen molar-refractivity contribution in [2.45, 2.75) is 25.5 Å². The number of aromatic nitrogens is 1. The first kappa shape index (κ1) is 19.1. The molecule has 2 N–H and O–H groups in total. The fraction of sp³-hybridized carbons (Fsp3) is 0.471. The van der Waals surface area contributed by atoms with Gasteiger partial charge in [-0.05, 0) is 43.0 Å². The highest BCUT2D eigenvalue weighted by Crippen LogP contribution is 2.27. The van der Waals surface area contributed by atoms with E-state index in [0.29, 0.717) is 6.54 Å². The number of hydrogen-bond acceptors (Lipinski definition) is 4. The molecule has 0 saturated carbocycles. The Bertz CT molecular complexity index is 784. The quantitative estimate of drug-likeness (QED) is 0.849.